The minimum absolute atomic E-state index is 0.789. The van der Waals surface area contributed by atoms with Crippen LogP contribution in [-0.4, -0.2) is 25.5 Å². The topological polar surface area (TPSA) is 3.24 Å². The van der Waals surface area contributed by atoms with Crippen molar-refractivity contribution in [3.05, 3.63) is 70.8 Å². The number of rotatable bonds is 6. The standard InChI is InChI=1S/C18H20ClNS/c1-20(2)13-3-4-15-7-11-18(12-8-15)21-14-16-5-9-17(19)10-6-16/h3-12H,13-14H2,1-2H3. The van der Waals surface area contributed by atoms with Crippen molar-refractivity contribution in [3.8, 4) is 0 Å². The first-order valence-electron chi connectivity index (χ1n) is 6.92. The molecule has 0 saturated carbocycles. The summed E-state index contributed by atoms with van der Waals surface area (Å²) < 4.78 is 0. The molecule has 0 heterocycles. The summed E-state index contributed by atoms with van der Waals surface area (Å²) in [4.78, 5) is 3.43. The van der Waals surface area contributed by atoms with Crippen molar-refractivity contribution < 1.29 is 0 Å². The predicted molar refractivity (Wildman–Crippen MR) is 95.0 cm³/mol. The maximum absolute atomic E-state index is 5.89. The van der Waals surface area contributed by atoms with Crippen molar-refractivity contribution >= 4 is 29.4 Å². The molecule has 0 N–H and O–H groups in total. The first-order valence-corrected chi connectivity index (χ1v) is 8.28. The second-order valence-electron chi connectivity index (χ2n) is 5.15. The third-order valence-corrected chi connectivity index (χ3v) is 4.31. The number of halogens is 1. The van der Waals surface area contributed by atoms with Crippen molar-refractivity contribution in [2.24, 2.45) is 0 Å². The molecule has 1 nitrogen and oxygen atoms in total. The summed E-state index contributed by atoms with van der Waals surface area (Å²) in [6.45, 7) is 0.965. The van der Waals surface area contributed by atoms with E-state index in [0.717, 1.165) is 17.3 Å². The molecule has 0 fully saturated rings. The van der Waals surface area contributed by atoms with Gasteiger partial charge in [0.15, 0.2) is 0 Å². The van der Waals surface area contributed by atoms with Gasteiger partial charge in [0.2, 0.25) is 0 Å². The molecule has 0 aromatic heterocycles. The molecule has 0 atom stereocenters. The summed E-state index contributed by atoms with van der Waals surface area (Å²) >= 11 is 7.73. The first kappa shape index (κ1) is 16.2. The Morgan fingerprint density at radius 1 is 1.00 bits per heavy atom. The molecule has 2 rings (SSSR count). The number of thioether (sulfide) groups is 1. The van der Waals surface area contributed by atoms with Crippen molar-refractivity contribution in [1.82, 2.24) is 4.90 Å². The van der Waals surface area contributed by atoms with Gasteiger partial charge in [0.05, 0.1) is 0 Å². The van der Waals surface area contributed by atoms with Gasteiger partial charge < -0.3 is 4.90 Å². The summed E-state index contributed by atoms with van der Waals surface area (Å²) in [6.07, 6.45) is 4.34. The summed E-state index contributed by atoms with van der Waals surface area (Å²) in [6, 6.07) is 16.7. The van der Waals surface area contributed by atoms with E-state index in [1.807, 2.05) is 23.9 Å². The van der Waals surface area contributed by atoms with Crippen molar-refractivity contribution in [2.45, 2.75) is 10.6 Å². The Morgan fingerprint density at radius 3 is 2.29 bits per heavy atom. The molecule has 110 valence electrons. The quantitative estimate of drug-likeness (QED) is 0.673. The fourth-order valence-electron chi connectivity index (χ4n) is 1.82. The summed E-state index contributed by atoms with van der Waals surface area (Å²) in [5, 5.41) is 0.789. The highest BCUT2D eigenvalue weighted by Gasteiger charge is 1.97. The van der Waals surface area contributed by atoms with Gasteiger partial charge in [0, 0.05) is 22.2 Å². The Morgan fingerprint density at radius 2 is 1.67 bits per heavy atom. The van der Waals surface area contributed by atoms with Crippen LogP contribution in [0.25, 0.3) is 6.08 Å². The lowest BCUT2D eigenvalue weighted by molar-refractivity contribution is 0.457. The van der Waals surface area contributed by atoms with E-state index in [1.165, 1.54) is 16.0 Å². The van der Waals surface area contributed by atoms with Crippen LogP contribution < -0.4 is 0 Å². The van der Waals surface area contributed by atoms with E-state index in [9.17, 15) is 0 Å². The van der Waals surface area contributed by atoms with Gasteiger partial charge in [-0.05, 0) is 49.5 Å². The van der Waals surface area contributed by atoms with E-state index < -0.39 is 0 Å². The Labute approximate surface area is 136 Å². The number of likely N-dealkylation sites (N-methyl/N-ethyl adjacent to an activating group) is 1. The Hall–Kier alpha value is -1.22. The number of hydrogen-bond acceptors (Lipinski definition) is 2. The van der Waals surface area contributed by atoms with Crippen LogP contribution in [0, 0.1) is 0 Å². The van der Waals surface area contributed by atoms with Gasteiger partial charge in [0.1, 0.15) is 0 Å². The molecule has 0 bridgehead atoms. The van der Waals surface area contributed by atoms with E-state index >= 15 is 0 Å². The molecule has 0 amide bonds. The molecule has 0 radical (unpaired) electrons. The second kappa shape index (κ2) is 8.28. The average Bonchev–Trinajstić information content (AvgIpc) is 2.48. The zero-order chi connectivity index (χ0) is 15.1. The lowest BCUT2D eigenvalue weighted by Gasteiger charge is -2.04. The largest absolute Gasteiger partial charge is 0.306 e. The average molecular weight is 318 g/mol. The van der Waals surface area contributed by atoms with Gasteiger partial charge in [-0.1, -0.05) is 48.0 Å². The van der Waals surface area contributed by atoms with Crippen molar-refractivity contribution in [1.29, 1.82) is 0 Å². The van der Waals surface area contributed by atoms with Crippen LogP contribution >= 0.6 is 23.4 Å². The van der Waals surface area contributed by atoms with Crippen LogP contribution in [0.2, 0.25) is 5.02 Å². The molecule has 0 saturated heterocycles. The third kappa shape index (κ3) is 5.96. The van der Waals surface area contributed by atoms with Crippen molar-refractivity contribution in [2.75, 3.05) is 20.6 Å². The highest BCUT2D eigenvalue weighted by atomic mass is 35.5. The molecule has 21 heavy (non-hydrogen) atoms. The zero-order valence-corrected chi connectivity index (χ0v) is 14.0. The molecule has 0 aliphatic heterocycles. The van der Waals surface area contributed by atoms with Gasteiger partial charge in [0.25, 0.3) is 0 Å². The van der Waals surface area contributed by atoms with E-state index in [1.54, 1.807) is 0 Å². The molecule has 3 heteroatoms. The second-order valence-corrected chi connectivity index (χ2v) is 6.63. The highest BCUT2D eigenvalue weighted by Crippen LogP contribution is 2.24. The monoisotopic (exact) mass is 317 g/mol. The molecule has 0 unspecified atom stereocenters. The highest BCUT2D eigenvalue weighted by molar-refractivity contribution is 7.98. The van der Waals surface area contributed by atoms with Gasteiger partial charge in [-0.25, -0.2) is 0 Å². The molecule has 0 aliphatic carbocycles. The molecular weight excluding hydrogens is 298 g/mol. The molecular formula is C18H20ClNS. The van der Waals surface area contributed by atoms with E-state index in [-0.39, 0.29) is 0 Å². The molecule has 0 spiro atoms. The van der Waals surface area contributed by atoms with Crippen LogP contribution in [-0.2, 0) is 5.75 Å². The Bertz CT molecular complexity index is 573. The van der Waals surface area contributed by atoms with Gasteiger partial charge >= 0.3 is 0 Å². The summed E-state index contributed by atoms with van der Waals surface area (Å²) in [5.41, 5.74) is 2.53. The Kier molecular flexibility index (Phi) is 6.37. The van der Waals surface area contributed by atoms with E-state index in [0.29, 0.717) is 0 Å². The fourth-order valence-corrected chi connectivity index (χ4v) is 2.80. The van der Waals surface area contributed by atoms with Crippen LogP contribution in [0.15, 0.2) is 59.5 Å². The number of hydrogen-bond donors (Lipinski definition) is 0. The lowest BCUT2D eigenvalue weighted by Crippen LogP contribution is -2.10. The minimum atomic E-state index is 0.789. The third-order valence-electron chi connectivity index (χ3n) is 2.98. The lowest BCUT2D eigenvalue weighted by atomic mass is 10.2. The Balaban J connectivity index is 1.87. The zero-order valence-electron chi connectivity index (χ0n) is 12.4. The first-order chi connectivity index (χ1) is 10.1. The maximum atomic E-state index is 5.89. The number of benzene rings is 2. The number of nitrogens with zero attached hydrogens (tertiary/aromatic N) is 1. The molecule has 2 aromatic rings. The smallest absolute Gasteiger partial charge is 0.0406 e. The maximum Gasteiger partial charge on any atom is 0.0406 e. The van der Waals surface area contributed by atoms with Gasteiger partial charge in [-0.2, -0.15) is 0 Å². The SMILES string of the molecule is CN(C)CC=Cc1ccc(SCc2ccc(Cl)cc2)cc1. The summed E-state index contributed by atoms with van der Waals surface area (Å²) in [5.74, 6) is 0.965. The van der Waals surface area contributed by atoms with Crippen molar-refractivity contribution in [3.63, 3.8) is 0 Å². The van der Waals surface area contributed by atoms with E-state index in [2.05, 4.69) is 67.5 Å². The van der Waals surface area contributed by atoms with E-state index in [4.69, 9.17) is 11.6 Å². The van der Waals surface area contributed by atoms with Crippen LogP contribution in [0.1, 0.15) is 11.1 Å². The minimum Gasteiger partial charge on any atom is -0.306 e. The normalized spacial score (nSPS) is 11.4. The summed E-state index contributed by atoms with van der Waals surface area (Å²) in [7, 11) is 4.14. The van der Waals surface area contributed by atoms with Crippen LogP contribution in [0.5, 0.6) is 0 Å². The molecule has 2 aromatic carbocycles. The predicted octanol–water partition coefficient (Wildman–Crippen LogP) is 5.21. The van der Waals surface area contributed by atoms with Gasteiger partial charge in [-0.15, -0.1) is 11.8 Å². The van der Waals surface area contributed by atoms with Crippen LogP contribution in [0.3, 0.4) is 0 Å². The molecule has 0 aliphatic rings. The van der Waals surface area contributed by atoms with Crippen LogP contribution in [0.4, 0.5) is 0 Å². The fraction of sp³-hybridized carbons (Fsp3) is 0.222. The van der Waals surface area contributed by atoms with Gasteiger partial charge in [-0.3, -0.25) is 0 Å².